The van der Waals surface area contributed by atoms with Gasteiger partial charge >= 0.3 is 5.97 Å². The van der Waals surface area contributed by atoms with Crippen LogP contribution in [0.2, 0.25) is 0 Å². The van der Waals surface area contributed by atoms with Crippen molar-refractivity contribution < 1.29 is 53.1 Å². The Labute approximate surface area is 565 Å². The maximum atomic E-state index is 14.9. The number of aromatic nitrogens is 2. The van der Waals surface area contributed by atoms with Gasteiger partial charge in [-0.1, -0.05) is 106 Å². The minimum absolute atomic E-state index is 0.00755. The van der Waals surface area contributed by atoms with Gasteiger partial charge in [0, 0.05) is 66.7 Å². The van der Waals surface area contributed by atoms with Crippen LogP contribution in [-0.4, -0.2) is 172 Å². The van der Waals surface area contributed by atoms with E-state index in [4.69, 9.17) is 40.1 Å². The molecule has 0 radical (unpaired) electrons. The van der Waals surface area contributed by atoms with Gasteiger partial charge in [-0.05, 0) is 91.4 Å². The molecule has 0 saturated carbocycles. The Kier molecular flexibility index (Phi) is 31.5. The average molecular weight is 1350 g/mol. The number of carboxylic acid groups (broad SMARTS) is 1. The molecule has 0 spiro atoms. The maximum Gasteiger partial charge on any atom is 0.326 e. The van der Waals surface area contributed by atoms with Crippen molar-refractivity contribution in [3.8, 4) is 0 Å². The van der Waals surface area contributed by atoms with E-state index in [0.29, 0.717) is 17.5 Å². The number of amides is 9. The predicted molar refractivity (Wildman–Crippen MR) is 371 cm³/mol. The Morgan fingerprint density at radius 2 is 0.660 bits per heavy atom. The van der Waals surface area contributed by atoms with Crippen molar-refractivity contribution in [2.75, 3.05) is 19.6 Å². The van der Waals surface area contributed by atoms with Crippen molar-refractivity contribution in [3.63, 3.8) is 0 Å². The summed E-state index contributed by atoms with van der Waals surface area (Å²) in [5.41, 5.74) is 42.1. The Bertz CT molecular complexity index is 3420. The van der Waals surface area contributed by atoms with Crippen molar-refractivity contribution in [2.24, 2.45) is 84.7 Å². The Morgan fingerprint density at radius 1 is 0.381 bits per heavy atom. The van der Waals surface area contributed by atoms with Gasteiger partial charge in [-0.3, -0.25) is 58.1 Å². The van der Waals surface area contributed by atoms with Gasteiger partial charge in [0.25, 0.3) is 0 Å². The fraction of sp³-hybridized carbons (Fsp3) is 0.554. The van der Waals surface area contributed by atoms with E-state index < -0.39 is 149 Å². The summed E-state index contributed by atoms with van der Waals surface area (Å²) in [7, 11) is 0. The molecule has 9 amide bonds. The molecule has 97 heavy (non-hydrogen) atoms. The molecule has 10 atom stereocenters. The number of carbonyl (C=O) groups is 10. The number of rotatable bonds is 40. The normalized spacial score (nSPS) is 14.5. The fourth-order valence-electron chi connectivity index (χ4n) is 10.6. The molecule has 0 saturated heterocycles. The lowest BCUT2D eigenvalue weighted by Crippen LogP contribution is -2.63. The summed E-state index contributed by atoms with van der Waals surface area (Å²) >= 11 is 0. The van der Waals surface area contributed by atoms with Gasteiger partial charge in [-0.2, -0.15) is 0 Å². The monoisotopic (exact) mass is 1350 g/mol. The molecule has 4 aromatic rings. The van der Waals surface area contributed by atoms with Gasteiger partial charge in [-0.15, -0.1) is 0 Å². The summed E-state index contributed by atoms with van der Waals surface area (Å²) < 4.78 is 0. The Hall–Kier alpha value is -10.0. The number of hydrogen-bond donors (Lipinski definition) is 19. The molecule has 0 aliphatic rings. The number of carbonyl (C=O) groups excluding carboxylic acids is 9. The number of nitrogens with zero attached hydrogens (tertiary/aromatic N) is 3. The Balaban J connectivity index is 1.57. The second-order valence-corrected chi connectivity index (χ2v) is 25.8. The molecule has 0 bridgehead atoms. The first-order valence-electron chi connectivity index (χ1n) is 32.7. The smallest absolute Gasteiger partial charge is 0.326 e. The minimum atomic E-state index is -1.43. The molecular weight excluding hydrogens is 1250 g/mol. The number of H-pyrrole nitrogens is 2. The van der Waals surface area contributed by atoms with Gasteiger partial charge in [0.1, 0.15) is 54.4 Å². The lowest BCUT2D eigenvalue weighted by molar-refractivity contribution is -0.142. The third-order valence-corrected chi connectivity index (χ3v) is 16.1. The van der Waals surface area contributed by atoms with Crippen LogP contribution in [0.1, 0.15) is 119 Å². The van der Waals surface area contributed by atoms with E-state index >= 15 is 0 Å². The number of carboxylic acids is 1. The lowest BCUT2D eigenvalue weighted by Gasteiger charge is -2.31. The molecule has 4 rings (SSSR count). The largest absolute Gasteiger partial charge is 0.480 e. The minimum Gasteiger partial charge on any atom is -0.480 e. The topological polar surface area (TPSA) is 550 Å². The van der Waals surface area contributed by atoms with Gasteiger partial charge in [-0.25, -0.2) is 4.79 Å². The second-order valence-electron chi connectivity index (χ2n) is 25.8. The number of nitrogens with one attached hydrogen (secondary N) is 11. The summed E-state index contributed by atoms with van der Waals surface area (Å²) in [6, 6.07) is 1.62. The van der Waals surface area contributed by atoms with Gasteiger partial charge in [0.15, 0.2) is 17.9 Å². The summed E-state index contributed by atoms with van der Waals surface area (Å²) in [5, 5.41) is 36.2. The third kappa shape index (κ3) is 25.3. The highest BCUT2D eigenvalue weighted by Gasteiger charge is 2.39. The molecular formula is C65H103N21O11. The molecule has 0 aliphatic heterocycles. The highest BCUT2D eigenvalue weighted by molar-refractivity contribution is 5.99. The van der Waals surface area contributed by atoms with Crippen LogP contribution < -0.4 is 88.0 Å². The number of hydrogen-bond acceptors (Lipinski definition) is 14. The molecule has 2 aromatic carbocycles. The first kappa shape index (κ1) is 79.4. The SMILES string of the molecule is CC(C)[C@H](NC(=O)[C@H](Cc1c[nH]c2ccccc12)NC(=O)[C@H](CCCN=C(N)N)NC(=O)[C@H](CCCN=C(N)N)NC(=O)[C@@H](N)CCCN=C(N)N)C(=O)N[C@H](C(=O)N[C@H](C(=O)N[C@H](C(=O)N[C@H](C(=O)N[C@@H](Cc1c[nH]c2ccccc12)C(=O)O)C(C)C)C(C)C)C(C)C)C(C)C. The van der Waals surface area contributed by atoms with E-state index in [0.717, 1.165) is 21.8 Å². The number of benzene rings is 2. The van der Waals surface area contributed by atoms with E-state index in [1.165, 1.54) is 0 Å². The van der Waals surface area contributed by atoms with E-state index in [9.17, 15) is 53.1 Å². The van der Waals surface area contributed by atoms with Gasteiger partial charge < -0.3 is 103 Å². The van der Waals surface area contributed by atoms with E-state index in [-0.39, 0.29) is 82.5 Å². The van der Waals surface area contributed by atoms with Gasteiger partial charge in [0.2, 0.25) is 53.2 Å². The second kappa shape index (κ2) is 38.5. The molecule has 0 aliphatic carbocycles. The molecule has 32 heteroatoms. The van der Waals surface area contributed by atoms with Crippen molar-refractivity contribution in [1.82, 2.24) is 57.8 Å². The third-order valence-electron chi connectivity index (χ3n) is 16.1. The van der Waals surface area contributed by atoms with Crippen molar-refractivity contribution >= 4 is 98.8 Å². The van der Waals surface area contributed by atoms with E-state index in [2.05, 4.69) is 72.8 Å². The highest BCUT2D eigenvalue weighted by Crippen LogP contribution is 2.22. The van der Waals surface area contributed by atoms with E-state index in [1.807, 2.05) is 42.5 Å². The van der Waals surface area contributed by atoms with Gasteiger partial charge in [0.05, 0.1) is 6.04 Å². The number of aliphatic imine (C=N–C) groups is 3. The predicted octanol–water partition coefficient (Wildman–Crippen LogP) is -1.35. The molecule has 2 aromatic heterocycles. The molecule has 2 heterocycles. The number of para-hydroxylation sites is 2. The first-order chi connectivity index (χ1) is 45.7. The quantitative estimate of drug-likeness (QED) is 0.0139. The van der Waals surface area contributed by atoms with Crippen molar-refractivity contribution in [2.45, 2.75) is 181 Å². The molecule has 534 valence electrons. The average Bonchev–Trinajstić information content (AvgIpc) is 1.75. The van der Waals surface area contributed by atoms with Crippen LogP contribution in [0.4, 0.5) is 0 Å². The number of guanidine groups is 3. The molecule has 0 unspecified atom stereocenters. The molecule has 0 fully saturated rings. The molecule has 32 nitrogen and oxygen atoms in total. The standard InChI is InChI=1S/C65H103N21O11/c1-32(2)48(57(91)81-47(62(96)97)29-38-31-77-43-22-14-12-19-40(38)43)83-59(93)50(34(5)6)85-61(95)52(36(9)10)86-60(94)51(35(7)8)84-58(92)49(33(3)4)82-56(90)46(28-37-30-76-42-21-13-11-18-39(37)42)80-55(89)45(24-17-27-75-65(71)72)79-54(88)44(23-16-26-74-64(69)70)78-53(87)41(66)20-15-25-73-63(67)68/h11-14,18-19,21-22,30-36,41,44-52,76-77H,15-17,20,23-29,66H2,1-10H3,(H,78,87)(H,79,88)(H,80,89)(H,81,91)(H,82,90)(H,83,93)(H,84,92)(H,85,95)(H,86,94)(H,96,97)(H4,67,68,73)(H4,69,70,74)(H4,71,72,75)/t41-,44-,45-,46-,47-,48-,49-,50-,51-,52-/m0/s1. The molecule has 26 N–H and O–H groups in total. The van der Waals surface area contributed by atoms with Crippen LogP contribution in [-0.2, 0) is 60.8 Å². The van der Waals surface area contributed by atoms with Crippen molar-refractivity contribution in [3.05, 3.63) is 72.1 Å². The Morgan fingerprint density at radius 3 is 1.00 bits per heavy atom. The van der Waals surface area contributed by atoms with Crippen LogP contribution >= 0.6 is 0 Å². The highest BCUT2D eigenvalue weighted by atomic mass is 16.4. The number of aromatic amines is 2. The van der Waals surface area contributed by atoms with Crippen LogP contribution in [0, 0.1) is 29.6 Å². The summed E-state index contributed by atoms with van der Waals surface area (Å²) in [6.07, 6.45) is 3.90. The van der Waals surface area contributed by atoms with Crippen LogP contribution in [0.25, 0.3) is 21.8 Å². The summed E-state index contributed by atoms with van der Waals surface area (Å²) in [5.74, 6) is -11.7. The van der Waals surface area contributed by atoms with E-state index in [1.54, 1.807) is 87.7 Å². The fourth-order valence-corrected chi connectivity index (χ4v) is 10.6. The zero-order chi connectivity index (χ0) is 72.4. The lowest BCUT2D eigenvalue weighted by atomic mass is 9.96. The van der Waals surface area contributed by atoms with Crippen LogP contribution in [0.5, 0.6) is 0 Å². The zero-order valence-electron chi connectivity index (χ0n) is 57.1. The number of aliphatic carboxylic acids is 1. The maximum absolute atomic E-state index is 14.9. The summed E-state index contributed by atoms with van der Waals surface area (Å²) in [6.45, 7) is 17.0. The van der Waals surface area contributed by atoms with Crippen molar-refractivity contribution in [1.29, 1.82) is 0 Å². The zero-order valence-corrected chi connectivity index (χ0v) is 57.1. The van der Waals surface area contributed by atoms with Crippen LogP contribution in [0.15, 0.2) is 75.9 Å². The first-order valence-corrected chi connectivity index (χ1v) is 32.7. The number of nitrogens with two attached hydrogens (primary N) is 7. The number of fused-ring (bicyclic) bond motifs is 2. The summed E-state index contributed by atoms with van der Waals surface area (Å²) in [4.78, 5) is 160. The van der Waals surface area contributed by atoms with Crippen LogP contribution in [0.3, 0.4) is 0 Å².